The van der Waals surface area contributed by atoms with Crippen molar-refractivity contribution in [2.45, 2.75) is 52.0 Å². The van der Waals surface area contributed by atoms with Gasteiger partial charge in [0.15, 0.2) is 0 Å². The maximum atomic E-state index is 12.2. The molecule has 0 aromatic heterocycles. The fraction of sp³-hybridized carbons (Fsp3) is 0.857. The lowest BCUT2D eigenvalue weighted by Gasteiger charge is -2.38. The Morgan fingerprint density at radius 3 is 2.25 bits per heavy atom. The molecule has 0 bridgehead atoms. The van der Waals surface area contributed by atoms with Gasteiger partial charge < -0.3 is 20.4 Å². The Hall–Kier alpha value is -1.30. The van der Waals surface area contributed by atoms with E-state index in [2.05, 4.69) is 5.32 Å². The second-order valence-electron chi connectivity index (χ2n) is 5.45. The third-order valence-electron chi connectivity index (χ3n) is 4.50. The summed E-state index contributed by atoms with van der Waals surface area (Å²) in [4.78, 5) is 25.2. The lowest BCUT2D eigenvalue weighted by atomic mass is 9.82. The first-order valence-corrected chi connectivity index (χ1v) is 7.39. The first-order valence-electron chi connectivity index (χ1n) is 7.39. The third kappa shape index (κ3) is 3.62. The smallest absolute Gasteiger partial charge is 0.317 e. The molecule has 0 aromatic rings. The fourth-order valence-electron chi connectivity index (χ4n) is 2.48. The number of nitrogens with one attached hydrogen (secondary N) is 1. The number of aliphatic carboxylic acids is 1. The number of rotatable bonds is 8. The molecule has 1 fully saturated rings. The van der Waals surface area contributed by atoms with Crippen molar-refractivity contribution >= 4 is 12.0 Å². The Bertz CT molecular complexity index is 338. The molecular formula is C14H26N2O4. The number of aliphatic hydroxyl groups excluding tert-OH is 1. The van der Waals surface area contributed by atoms with E-state index >= 15 is 0 Å². The number of carbonyl (C=O) groups excluding carboxylic acids is 1. The zero-order chi connectivity index (χ0) is 15.2. The van der Waals surface area contributed by atoms with E-state index < -0.39 is 11.4 Å². The molecule has 6 heteroatoms. The number of amides is 2. The van der Waals surface area contributed by atoms with Crippen molar-refractivity contribution < 1.29 is 19.8 Å². The molecule has 20 heavy (non-hydrogen) atoms. The first-order chi connectivity index (χ1) is 9.50. The van der Waals surface area contributed by atoms with E-state index in [0.29, 0.717) is 19.4 Å². The summed E-state index contributed by atoms with van der Waals surface area (Å²) in [6.45, 7) is 4.00. The van der Waals surface area contributed by atoms with Crippen LogP contribution in [0.25, 0.3) is 0 Å². The van der Waals surface area contributed by atoms with Crippen LogP contribution in [0.3, 0.4) is 0 Å². The highest BCUT2D eigenvalue weighted by Gasteiger charge is 2.36. The molecule has 3 N–H and O–H groups in total. The van der Waals surface area contributed by atoms with E-state index in [9.17, 15) is 14.7 Å². The molecule has 116 valence electrons. The van der Waals surface area contributed by atoms with Gasteiger partial charge in [-0.2, -0.15) is 0 Å². The van der Waals surface area contributed by atoms with E-state index in [1.165, 1.54) is 0 Å². The molecule has 1 aliphatic carbocycles. The molecule has 0 atom stereocenters. The van der Waals surface area contributed by atoms with E-state index in [-0.39, 0.29) is 25.2 Å². The van der Waals surface area contributed by atoms with Crippen molar-refractivity contribution in [1.29, 1.82) is 0 Å². The summed E-state index contributed by atoms with van der Waals surface area (Å²) in [6, 6.07) is -0.0825. The zero-order valence-corrected chi connectivity index (χ0v) is 12.4. The van der Waals surface area contributed by atoms with Gasteiger partial charge in [0.25, 0.3) is 0 Å². The number of carboxylic acids is 1. The van der Waals surface area contributed by atoms with E-state index in [4.69, 9.17) is 5.11 Å². The Labute approximate surface area is 120 Å². The minimum absolute atomic E-state index is 0.0739. The predicted molar refractivity (Wildman–Crippen MR) is 75.5 cm³/mol. The number of nitrogens with zero attached hydrogens (tertiary/aromatic N) is 1. The van der Waals surface area contributed by atoms with Gasteiger partial charge in [-0.3, -0.25) is 4.79 Å². The molecule has 1 rings (SSSR count). The molecule has 0 radical (unpaired) electrons. The third-order valence-corrected chi connectivity index (χ3v) is 4.50. The minimum Gasteiger partial charge on any atom is -0.481 e. The molecule has 0 spiro atoms. The molecule has 0 aliphatic heterocycles. The lowest BCUT2D eigenvalue weighted by Crippen LogP contribution is -2.53. The predicted octanol–water partition coefficient (Wildman–Crippen LogP) is 1.43. The minimum atomic E-state index is -0.903. The topological polar surface area (TPSA) is 89.9 Å². The van der Waals surface area contributed by atoms with Gasteiger partial charge in [0.1, 0.15) is 0 Å². The monoisotopic (exact) mass is 286 g/mol. The summed E-state index contributed by atoms with van der Waals surface area (Å²) in [5.41, 5.74) is -0.903. The van der Waals surface area contributed by atoms with Gasteiger partial charge in [-0.25, -0.2) is 4.79 Å². The quantitative estimate of drug-likeness (QED) is 0.629. The van der Waals surface area contributed by atoms with Crippen LogP contribution in [0, 0.1) is 5.41 Å². The van der Waals surface area contributed by atoms with Crippen LogP contribution in [0.1, 0.15) is 46.0 Å². The molecule has 0 saturated heterocycles. The molecule has 0 aromatic carbocycles. The summed E-state index contributed by atoms with van der Waals surface area (Å²) < 4.78 is 0. The van der Waals surface area contributed by atoms with Gasteiger partial charge in [0, 0.05) is 19.1 Å². The van der Waals surface area contributed by atoms with Crippen LogP contribution in [0.5, 0.6) is 0 Å². The zero-order valence-electron chi connectivity index (χ0n) is 12.4. The maximum Gasteiger partial charge on any atom is 0.317 e. The van der Waals surface area contributed by atoms with Gasteiger partial charge in [-0.05, 0) is 32.1 Å². The molecular weight excluding hydrogens is 260 g/mol. The second kappa shape index (κ2) is 7.47. The number of hydrogen-bond acceptors (Lipinski definition) is 3. The number of carboxylic acid groups (broad SMARTS) is 1. The standard InChI is InChI=1S/C14H26N2O4/c1-3-14(4-2,12(18)19)10-15-13(20)16(8-9-17)11-6-5-7-11/h11,17H,3-10H2,1-2H3,(H,15,20)(H,18,19). The highest BCUT2D eigenvalue weighted by Crippen LogP contribution is 2.27. The average Bonchev–Trinajstić information content (AvgIpc) is 2.37. The van der Waals surface area contributed by atoms with Crippen molar-refractivity contribution in [2.24, 2.45) is 5.41 Å². The Kier molecular flexibility index (Phi) is 6.26. The molecule has 1 aliphatic rings. The number of urea groups is 1. The summed E-state index contributed by atoms with van der Waals surface area (Å²) in [6.07, 6.45) is 3.96. The fourth-order valence-corrected chi connectivity index (χ4v) is 2.48. The van der Waals surface area contributed by atoms with Crippen LogP contribution < -0.4 is 5.32 Å². The second-order valence-corrected chi connectivity index (χ2v) is 5.45. The summed E-state index contributed by atoms with van der Waals surface area (Å²) in [5, 5.41) is 21.1. The highest BCUT2D eigenvalue weighted by atomic mass is 16.4. The van der Waals surface area contributed by atoms with Crippen LogP contribution in [0.15, 0.2) is 0 Å². The van der Waals surface area contributed by atoms with Crippen molar-refractivity contribution in [1.82, 2.24) is 10.2 Å². The van der Waals surface area contributed by atoms with Gasteiger partial charge in [-0.15, -0.1) is 0 Å². The first kappa shape index (κ1) is 16.8. The number of hydrogen-bond donors (Lipinski definition) is 3. The molecule has 2 amide bonds. The van der Waals surface area contributed by atoms with Crippen molar-refractivity contribution in [3.63, 3.8) is 0 Å². The summed E-state index contributed by atoms with van der Waals surface area (Å²) in [5.74, 6) is -0.875. The van der Waals surface area contributed by atoms with Crippen LogP contribution in [0.4, 0.5) is 4.79 Å². The van der Waals surface area contributed by atoms with Crippen LogP contribution >= 0.6 is 0 Å². The van der Waals surface area contributed by atoms with Crippen molar-refractivity contribution in [3.05, 3.63) is 0 Å². The van der Waals surface area contributed by atoms with Crippen molar-refractivity contribution in [2.75, 3.05) is 19.7 Å². The average molecular weight is 286 g/mol. The van der Waals surface area contributed by atoms with Gasteiger partial charge >= 0.3 is 12.0 Å². The van der Waals surface area contributed by atoms with Crippen LogP contribution in [0.2, 0.25) is 0 Å². The Morgan fingerprint density at radius 1 is 1.30 bits per heavy atom. The molecule has 1 saturated carbocycles. The van der Waals surface area contributed by atoms with E-state index in [0.717, 1.165) is 19.3 Å². The Morgan fingerprint density at radius 2 is 1.90 bits per heavy atom. The van der Waals surface area contributed by atoms with E-state index in [1.54, 1.807) is 4.90 Å². The van der Waals surface area contributed by atoms with Gasteiger partial charge in [-0.1, -0.05) is 13.8 Å². The number of carbonyl (C=O) groups is 2. The SMILES string of the molecule is CCC(CC)(CNC(=O)N(CCO)C1CCC1)C(=O)O. The number of aliphatic hydroxyl groups is 1. The molecule has 0 unspecified atom stereocenters. The van der Waals surface area contributed by atoms with Gasteiger partial charge in [0.2, 0.25) is 0 Å². The van der Waals surface area contributed by atoms with Crippen LogP contribution in [-0.2, 0) is 4.79 Å². The molecule has 0 heterocycles. The van der Waals surface area contributed by atoms with E-state index in [1.807, 2.05) is 13.8 Å². The normalized spacial score (nSPS) is 15.6. The lowest BCUT2D eigenvalue weighted by molar-refractivity contribution is -0.149. The Balaban J connectivity index is 2.60. The molecule has 6 nitrogen and oxygen atoms in total. The summed E-state index contributed by atoms with van der Waals surface area (Å²) in [7, 11) is 0. The summed E-state index contributed by atoms with van der Waals surface area (Å²) >= 11 is 0. The van der Waals surface area contributed by atoms with Crippen LogP contribution in [-0.4, -0.2) is 52.9 Å². The maximum absolute atomic E-state index is 12.2. The highest BCUT2D eigenvalue weighted by molar-refractivity contribution is 5.78. The van der Waals surface area contributed by atoms with Gasteiger partial charge in [0.05, 0.1) is 12.0 Å². The van der Waals surface area contributed by atoms with Crippen molar-refractivity contribution in [3.8, 4) is 0 Å². The largest absolute Gasteiger partial charge is 0.481 e.